The number of amides is 2. The van der Waals surface area contributed by atoms with Gasteiger partial charge in [-0.25, -0.2) is 9.18 Å². The Balaban J connectivity index is 2.06. The molecule has 1 aliphatic heterocycles. The van der Waals surface area contributed by atoms with Crippen molar-refractivity contribution in [3.8, 4) is 0 Å². The van der Waals surface area contributed by atoms with Crippen molar-refractivity contribution in [1.29, 1.82) is 0 Å². The molecule has 122 valence electrons. The van der Waals surface area contributed by atoms with E-state index in [4.69, 9.17) is 0 Å². The molecule has 4 nitrogen and oxygen atoms in total. The van der Waals surface area contributed by atoms with Crippen molar-refractivity contribution in [2.24, 2.45) is 0 Å². The minimum Gasteiger partial charge on any atom is -0.388 e. The number of likely N-dealkylation sites (tertiary alicyclic amines) is 1. The van der Waals surface area contributed by atoms with Gasteiger partial charge in [0.1, 0.15) is 5.82 Å². The zero-order chi connectivity index (χ0) is 16.5. The van der Waals surface area contributed by atoms with Crippen molar-refractivity contribution >= 4 is 6.03 Å². The van der Waals surface area contributed by atoms with Gasteiger partial charge in [-0.05, 0) is 57.7 Å². The molecule has 0 aromatic heterocycles. The molecule has 0 unspecified atom stereocenters. The Hall–Kier alpha value is -1.62. The standard InChI is InChI=1S/C17H25FN2O2/c1-11-7-8-13(10-14(11)18)12(2)19-16(21)20-9-5-6-15(20)17(3,4)22/h7-8,10,12,15,22H,5-6,9H2,1-4H3,(H,19,21)/t12-,15-/m1/s1. The average Bonchev–Trinajstić information content (AvgIpc) is 2.91. The maximum absolute atomic E-state index is 13.6. The Bertz CT molecular complexity index is 554. The van der Waals surface area contributed by atoms with Crippen LogP contribution in [0.2, 0.25) is 0 Å². The first kappa shape index (κ1) is 16.7. The summed E-state index contributed by atoms with van der Waals surface area (Å²) in [6.07, 6.45) is 1.68. The molecule has 2 amide bonds. The molecular weight excluding hydrogens is 283 g/mol. The van der Waals surface area contributed by atoms with Crippen molar-refractivity contribution < 1.29 is 14.3 Å². The molecule has 1 fully saturated rings. The largest absolute Gasteiger partial charge is 0.388 e. The van der Waals surface area contributed by atoms with Crippen LogP contribution in [-0.2, 0) is 0 Å². The van der Waals surface area contributed by atoms with Gasteiger partial charge in [0.05, 0.1) is 17.7 Å². The van der Waals surface area contributed by atoms with E-state index in [9.17, 15) is 14.3 Å². The van der Waals surface area contributed by atoms with Crippen LogP contribution in [0.15, 0.2) is 18.2 Å². The summed E-state index contributed by atoms with van der Waals surface area (Å²) in [7, 11) is 0. The van der Waals surface area contributed by atoms with Crippen LogP contribution in [0.1, 0.15) is 50.8 Å². The van der Waals surface area contributed by atoms with E-state index < -0.39 is 5.60 Å². The smallest absolute Gasteiger partial charge is 0.318 e. The number of nitrogens with one attached hydrogen (secondary N) is 1. The third-order valence-electron chi connectivity index (χ3n) is 4.37. The number of urea groups is 1. The second kappa shape index (κ2) is 6.24. The first-order chi connectivity index (χ1) is 10.2. The second-order valence-electron chi connectivity index (χ2n) is 6.68. The van der Waals surface area contributed by atoms with Crippen LogP contribution in [0.5, 0.6) is 0 Å². The number of benzene rings is 1. The summed E-state index contributed by atoms with van der Waals surface area (Å²) in [4.78, 5) is 14.1. The van der Waals surface area contributed by atoms with E-state index in [0.717, 1.165) is 18.4 Å². The van der Waals surface area contributed by atoms with Gasteiger partial charge < -0.3 is 15.3 Å². The molecule has 5 heteroatoms. The van der Waals surface area contributed by atoms with Gasteiger partial charge in [0.25, 0.3) is 0 Å². The Labute approximate surface area is 131 Å². The number of aryl methyl sites for hydroxylation is 1. The van der Waals surface area contributed by atoms with E-state index in [1.807, 2.05) is 13.0 Å². The quantitative estimate of drug-likeness (QED) is 0.901. The van der Waals surface area contributed by atoms with Gasteiger partial charge in [0.2, 0.25) is 0 Å². The lowest BCUT2D eigenvalue weighted by Gasteiger charge is -2.34. The van der Waals surface area contributed by atoms with Gasteiger partial charge >= 0.3 is 6.03 Å². The van der Waals surface area contributed by atoms with Gasteiger partial charge in [-0.15, -0.1) is 0 Å². The fourth-order valence-corrected chi connectivity index (χ4v) is 2.97. The van der Waals surface area contributed by atoms with E-state index >= 15 is 0 Å². The van der Waals surface area contributed by atoms with E-state index in [0.29, 0.717) is 12.1 Å². The predicted molar refractivity (Wildman–Crippen MR) is 84.1 cm³/mol. The topological polar surface area (TPSA) is 52.6 Å². The lowest BCUT2D eigenvalue weighted by Crippen LogP contribution is -2.51. The van der Waals surface area contributed by atoms with Crippen molar-refractivity contribution in [1.82, 2.24) is 10.2 Å². The molecule has 1 heterocycles. The molecule has 0 aliphatic carbocycles. The number of carbonyl (C=O) groups excluding carboxylic acids is 1. The molecule has 0 saturated carbocycles. The van der Waals surface area contributed by atoms with Crippen molar-refractivity contribution in [2.75, 3.05) is 6.54 Å². The number of aliphatic hydroxyl groups is 1. The zero-order valence-electron chi connectivity index (χ0n) is 13.7. The summed E-state index contributed by atoms with van der Waals surface area (Å²) in [5.74, 6) is -0.269. The first-order valence-corrected chi connectivity index (χ1v) is 7.75. The van der Waals surface area contributed by atoms with Crippen molar-refractivity contribution in [3.05, 3.63) is 35.1 Å². The van der Waals surface area contributed by atoms with E-state index in [2.05, 4.69) is 5.32 Å². The van der Waals surface area contributed by atoms with Gasteiger partial charge in [-0.2, -0.15) is 0 Å². The molecule has 1 saturated heterocycles. The summed E-state index contributed by atoms with van der Waals surface area (Å²) in [6.45, 7) is 7.62. The molecule has 0 bridgehead atoms. The Kier molecular flexibility index (Phi) is 4.75. The molecule has 1 aromatic carbocycles. The SMILES string of the molecule is Cc1ccc([C@@H](C)NC(=O)N2CCC[C@@H]2C(C)(C)O)cc1F. The van der Waals surface area contributed by atoms with E-state index in [1.165, 1.54) is 6.07 Å². The molecule has 0 spiro atoms. The molecule has 2 rings (SSSR count). The predicted octanol–water partition coefficient (Wildman–Crippen LogP) is 3.14. The molecule has 1 aromatic rings. The molecule has 0 radical (unpaired) electrons. The highest BCUT2D eigenvalue weighted by Crippen LogP contribution is 2.27. The summed E-state index contributed by atoms with van der Waals surface area (Å²) in [5.41, 5.74) is 0.395. The van der Waals surface area contributed by atoms with Crippen LogP contribution in [-0.4, -0.2) is 34.2 Å². The Morgan fingerprint density at radius 1 is 1.50 bits per heavy atom. The van der Waals surface area contributed by atoms with Crippen molar-refractivity contribution in [3.63, 3.8) is 0 Å². The maximum atomic E-state index is 13.6. The van der Waals surface area contributed by atoms with Crippen LogP contribution in [0.3, 0.4) is 0 Å². The summed E-state index contributed by atoms with van der Waals surface area (Å²) < 4.78 is 13.6. The van der Waals surface area contributed by atoms with Gasteiger partial charge in [-0.3, -0.25) is 0 Å². The molecule has 2 atom stereocenters. The Morgan fingerprint density at radius 3 is 2.77 bits per heavy atom. The third-order valence-corrected chi connectivity index (χ3v) is 4.37. The molecular formula is C17H25FN2O2. The number of carbonyl (C=O) groups is 1. The van der Waals surface area contributed by atoms with Gasteiger partial charge in [0, 0.05) is 6.54 Å². The number of halogens is 1. The number of hydrogen-bond donors (Lipinski definition) is 2. The summed E-state index contributed by atoms with van der Waals surface area (Å²) in [6, 6.07) is 4.31. The van der Waals surface area contributed by atoms with Crippen LogP contribution in [0.4, 0.5) is 9.18 Å². The minimum absolute atomic E-state index is 0.186. The van der Waals surface area contributed by atoms with Crippen LogP contribution >= 0.6 is 0 Å². The lowest BCUT2D eigenvalue weighted by atomic mass is 9.97. The first-order valence-electron chi connectivity index (χ1n) is 7.75. The second-order valence-corrected chi connectivity index (χ2v) is 6.68. The number of rotatable bonds is 3. The Morgan fingerprint density at radius 2 is 2.18 bits per heavy atom. The lowest BCUT2D eigenvalue weighted by molar-refractivity contribution is 0.00951. The monoisotopic (exact) mass is 308 g/mol. The average molecular weight is 308 g/mol. The highest BCUT2D eigenvalue weighted by Gasteiger charge is 2.38. The highest BCUT2D eigenvalue weighted by atomic mass is 19.1. The zero-order valence-corrected chi connectivity index (χ0v) is 13.7. The van der Waals surface area contributed by atoms with E-state index in [1.54, 1.807) is 31.7 Å². The number of hydrogen-bond acceptors (Lipinski definition) is 2. The summed E-state index contributed by atoms with van der Waals surface area (Å²) >= 11 is 0. The summed E-state index contributed by atoms with van der Waals surface area (Å²) in [5, 5.41) is 13.1. The van der Waals surface area contributed by atoms with Gasteiger partial charge in [-0.1, -0.05) is 12.1 Å². The molecule has 22 heavy (non-hydrogen) atoms. The number of nitrogens with zero attached hydrogens (tertiary/aromatic N) is 1. The minimum atomic E-state index is -0.924. The maximum Gasteiger partial charge on any atom is 0.318 e. The van der Waals surface area contributed by atoms with Crippen molar-refractivity contribution in [2.45, 2.75) is 58.2 Å². The van der Waals surface area contributed by atoms with Gasteiger partial charge in [0.15, 0.2) is 0 Å². The van der Waals surface area contributed by atoms with Crippen LogP contribution in [0.25, 0.3) is 0 Å². The molecule has 1 aliphatic rings. The fourth-order valence-electron chi connectivity index (χ4n) is 2.97. The van der Waals surface area contributed by atoms with Crippen LogP contribution in [0, 0.1) is 12.7 Å². The normalized spacial score (nSPS) is 20.1. The third kappa shape index (κ3) is 3.58. The van der Waals surface area contributed by atoms with Crippen LogP contribution < -0.4 is 5.32 Å². The highest BCUT2D eigenvalue weighted by molar-refractivity contribution is 5.75. The van der Waals surface area contributed by atoms with E-state index in [-0.39, 0.29) is 23.9 Å². The molecule has 2 N–H and O–H groups in total. The fraction of sp³-hybridized carbons (Fsp3) is 0.588.